The highest BCUT2D eigenvalue weighted by Crippen LogP contribution is 2.22. The van der Waals surface area contributed by atoms with Crippen molar-refractivity contribution in [3.63, 3.8) is 0 Å². The van der Waals surface area contributed by atoms with Crippen LogP contribution in [0.3, 0.4) is 0 Å². The van der Waals surface area contributed by atoms with Crippen LogP contribution in [-0.2, 0) is 0 Å². The van der Waals surface area contributed by atoms with Crippen molar-refractivity contribution < 1.29 is 4.79 Å². The SMILES string of the molecule is CNC1CCCN(C(=O)c2nnn(-c3ccc(-c4ccccc4)cc3)c2C)C1.Cl. The zero-order chi connectivity index (χ0) is 19.5. The van der Waals surface area contributed by atoms with Gasteiger partial charge in [-0.1, -0.05) is 47.7 Å². The molecule has 29 heavy (non-hydrogen) atoms. The molecule has 1 aliphatic heterocycles. The van der Waals surface area contributed by atoms with Gasteiger partial charge in [-0.25, -0.2) is 4.68 Å². The molecule has 0 bridgehead atoms. The van der Waals surface area contributed by atoms with Crippen LogP contribution in [0.25, 0.3) is 16.8 Å². The summed E-state index contributed by atoms with van der Waals surface area (Å²) in [5, 5.41) is 11.7. The van der Waals surface area contributed by atoms with Crippen LogP contribution in [0.1, 0.15) is 29.0 Å². The van der Waals surface area contributed by atoms with Crippen molar-refractivity contribution in [2.24, 2.45) is 0 Å². The highest BCUT2D eigenvalue weighted by molar-refractivity contribution is 5.93. The van der Waals surface area contributed by atoms with E-state index in [0.717, 1.165) is 36.3 Å². The maximum atomic E-state index is 12.9. The van der Waals surface area contributed by atoms with Crippen molar-refractivity contribution in [1.29, 1.82) is 0 Å². The summed E-state index contributed by atoms with van der Waals surface area (Å²) in [7, 11) is 1.94. The average molecular weight is 412 g/mol. The topological polar surface area (TPSA) is 63.1 Å². The monoisotopic (exact) mass is 411 g/mol. The quantitative estimate of drug-likeness (QED) is 0.713. The van der Waals surface area contributed by atoms with E-state index in [0.29, 0.717) is 18.3 Å². The lowest BCUT2D eigenvalue weighted by Gasteiger charge is -2.32. The predicted molar refractivity (Wildman–Crippen MR) is 117 cm³/mol. The molecule has 1 aromatic heterocycles. The molecule has 1 aliphatic rings. The summed E-state index contributed by atoms with van der Waals surface area (Å²) in [6.45, 7) is 3.39. The van der Waals surface area contributed by atoms with Gasteiger partial charge in [0, 0.05) is 19.1 Å². The number of nitrogens with zero attached hydrogens (tertiary/aromatic N) is 4. The van der Waals surface area contributed by atoms with Gasteiger partial charge in [0.2, 0.25) is 0 Å². The van der Waals surface area contributed by atoms with Gasteiger partial charge < -0.3 is 10.2 Å². The lowest BCUT2D eigenvalue weighted by Crippen LogP contribution is -2.47. The van der Waals surface area contributed by atoms with E-state index < -0.39 is 0 Å². The number of piperidine rings is 1. The first-order chi connectivity index (χ1) is 13.7. The molecule has 1 amide bonds. The number of likely N-dealkylation sites (tertiary alicyclic amines) is 1. The number of likely N-dealkylation sites (N-methyl/N-ethyl adjacent to an activating group) is 1. The van der Waals surface area contributed by atoms with Gasteiger partial charge in [-0.15, -0.1) is 17.5 Å². The minimum Gasteiger partial charge on any atom is -0.336 e. The summed E-state index contributed by atoms with van der Waals surface area (Å²) in [6.07, 6.45) is 2.10. The third-order valence-corrected chi connectivity index (χ3v) is 5.43. The molecule has 0 saturated carbocycles. The summed E-state index contributed by atoms with van der Waals surface area (Å²) >= 11 is 0. The molecule has 4 rings (SSSR count). The molecule has 0 spiro atoms. The molecule has 6 nitrogen and oxygen atoms in total. The second-order valence-corrected chi connectivity index (χ2v) is 7.23. The van der Waals surface area contributed by atoms with Crippen LogP contribution in [0.2, 0.25) is 0 Å². The zero-order valence-corrected chi connectivity index (χ0v) is 17.5. The molecular formula is C22H26ClN5O. The molecule has 1 fully saturated rings. The van der Waals surface area contributed by atoms with E-state index in [9.17, 15) is 4.79 Å². The van der Waals surface area contributed by atoms with Crippen molar-refractivity contribution in [3.05, 3.63) is 66.0 Å². The molecular weight excluding hydrogens is 386 g/mol. The van der Waals surface area contributed by atoms with Crippen molar-refractivity contribution in [1.82, 2.24) is 25.2 Å². The molecule has 1 N–H and O–H groups in total. The highest BCUT2D eigenvalue weighted by Gasteiger charge is 2.27. The zero-order valence-electron chi connectivity index (χ0n) is 16.7. The van der Waals surface area contributed by atoms with Gasteiger partial charge >= 0.3 is 0 Å². The second kappa shape index (κ2) is 9.20. The maximum Gasteiger partial charge on any atom is 0.276 e. The Labute approximate surface area is 177 Å². The number of halogens is 1. The Morgan fingerprint density at radius 1 is 1.07 bits per heavy atom. The van der Waals surface area contributed by atoms with Crippen LogP contribution in [0.4, 0.5) is 0 Å². The number of hydrogen-bond donors (Lipinski definition) is 1. The largest absolute Gasteiger partial charge is 0.336 e. The van der Waals surface area contributed by atoms with Gasteiger partial charge in [-0.2, -0.15) is 0 Å². The lowest BCUT2D eigenvalue weighted by atomic mass is 10.1. The Morgan fingerprint density at radius 2 is 1.76 bits per heavy atom. The van der Waals surface area contributed by atoms with Crippen LogP contribution in [-0.4, -0.2) is 52.0 Å². The number of hydrogen-bond acceptors (Lipinski definition) is 4. The van der Waals surface area contributed by atoms with Gasteiger partial charge in [0.05, 0.1) is 11.4 Å². The van der Waals surface area contributed by atoms with Crippen LogP contribution in [0, 0.1) is 6.92 Å². The number of benzene rings is 2. The molecule has 2 aromatic carbocycles. The Bertz CT molecular complexity index is 955. The minimum absolute atomic E-state index is 0. The molecule has 7 heteroatoms. The van der Waals surface area contributed by atoms with E-state index in [-0.39, 0.29) is 18.3 Å². The molecule has 0 aliphatic carbocycles. The fourth-order valence-corrected chi connectivity index (χ4v) is 3.74. The molecule has 0 radical (unpaired) electrons. The smallest absolute Gasteiger partial charge is 0.276 e. The number of rotatable bonds is 4. The first kappa shape index (κ1) is 21.0. The van der Waals surface area contributed by atoms with Gasteiger partial charge in [0.25, 0.3) is 5.91 Å². The van der Waals surface area contributed by atoms with Gasteiger partial charge in [0.1, 0.15) is 0 Å². The average Bonchev–Trinajstić information content (AvgIpc) is 3.15. The van der Waals surface area contributed by atoms with Crippen molar-refractivity contribution >= 4 is 18.3 Å². The van der Waals surface area contributed by atoms with E-state index in [1.54, 1.807) is 4.68 Å². The minimum atomic E-state index is -0.0374. The Balaban J connectivity index is 0.00000240. The maximum absolute atomic E-state index is 12.9. The summed E-state index contributed by atoms with van der Waals surface area (Å²) in [5.74, 6) is -0.0374. The number of nitrogens with one attached hydrogen (secondary N) is 1. The molecule has 152 valence electrons. The van der Waals surface area contributed by atoms with E-state index >= 15 is 0 Å². The van der Waals surface area contributed by atoms with Crippen molar-refractivity contribution in [2.75, 3.05) is 20.1 Å². The first-order valence-corrected chi connectivity index (χ1v) is 9.72. The third kappa shape index (κ3) is 4.33. The van der Waals surface area contributed by atoms with E-state index in [4.69, 9.17) is 0 Å². The summed E-state index contributed by atoms with van der Waals surface area (Å²) in [6, 6.07) is 18.7. The Morgan fingerprint density at radius 3 is 2.45 bits per heavy atom. The van der Waals surface area contributed by atoms with Crippen LogP contribution in [0.5, 0.6) is 0 Å². The van der Waals surface area contributed by atoms with Crippen molar-refractivity contribution in [2.45, 2.75) is 25.8 Å². The Hall–Kier alpha value is -2.70. The summed E-state index contributed by atoms with van der Waals surface area (Å²) in [4.78, 5) is 14.8. The second-order valence-electron chi connectivity index (χ2n) is 7.23. The van der Waals surface area contributed by atoms with Gasteiger partial charge in [-0.3, -0.25) is 4.79 Å². The number of carbonyl (C=O) groups excluding carboxylic acids is 1. The highest BCUT2D eigenvalue weighted by atomic mass is 35.5. The van der Waals surface area contributed by atoms with E-state index in [1.165, 1.54) is 5.56 Å². The van der Waals surface area contributed by atoms with Crippen LogP contribution in [0.15, 0.2) is 54.6 Å². The molecule has 1 atom stereocenters. The number of carbonyl (C=O) groups is 1. The number of amides is 1. The summed E-state index contributed by atoms with van der Waals surface area (Å²) in [5.41, 5.74) is 4.41. The summed E-state index contributed by atoms with van der Waals surface area (Å²) < 4.78 is 1.74. The van der Waals surface area contributed by atoms with E-state index in [1.807, 2.05) is 49.2 Å². The predicted octanol–water partition coefficient (Wildman–Crippen LogP) is 3.49. The standard InChI is InChI=1S/C22H25N5O.ClH/c1-16-21(22(28)26-14-6-9-19(15-26)23-2)24-25-27(16)20-12-10-18(11-13-20)17-7-4-3-5-8-17;/h3-5,7-8,10-13,19,23H,6,9,14-15H2,1-2H3;1H. The normalized spacial score (nSPS) is 16.3. The first-order valence-electron chi connectivity index (χ1n) is 9.72. The van der Waals surface area contributed by atoms with Gasteiger partial charge in [-0.05, 0) is 50.1 Å². The van der Waals surface area contributed by atoms with Crippen molar-refractivity contribution in [3.8, 4) is 16.8 Å². The Kier molecular flexibility index (Phi) is 6.67. The van der Waals surface area contributed by atoms with Gasteiger partial charge in [0.15, 0.2) is 5.69 Å². The van der Waals surface area contributed by atoms with E-state index in [2.05, 4.69) is 39.9 Å². The molecule has 1 saturated heterocycles. The fourth-order valence-electron chi connectivity index (χ4n) is 3.74. The van der Waals surface area contributed by atoms with Crippen LogP contribution >= 0.6 is 12.4 Å². The third-order valence-electron chi connectivity index (χ3n) is 5.43. The lowest BCUT2D eigenvalue weighted by molar-refractivity contribution is 0.0691. The van der Waals surface area contributed by atoms with Crippen LogP contribution < -0.4 is 5.32 Å². The molecule has 2 heterocycles. The molecule has 1 unspecified atom stereocenters. The fraction of sp³-hybridized carbons (Fsp3) is 0.318. The number of aromatic nitrogens is 3. The molecule has 3 aromatic rings.